The molecule has 0 atom stereocenters. The Hall–Kier alpha value is -3.42. The van der Waals surface area contributed by atoms with Gasteiger partial charge in [0.25, 0.3) is 5.91 Å². The van der Waals surface area contributed by atoms with Gasteiger partial charge >= 0.3 is 0 Å². The van der Waals surface area contributed by atoms with Crippen LogP contribution in [0.5, 0.6) is 5.75 Å². The highest BCUT2D eigenvalue weighted by molar-refractivity contribution is 5.84. The monoisotopic (exact) mass is 356 g/mol. The van der Waals surface area contributed by atoms with E-state index in [1.165, 1.54) is 18.2 Å². The molecule has 1 aromatic heterocycles. The van der Waals surface area contributed by atoms with Crippen molar-refractivity contribution in [2.45, 2.75) is 6.42 Å². The van der Waals surface area contributed by atoms with Crippen molar-refractivity contribution in [3.63, 3.8) is 0 Å². The van der Waals surface area contributed by atoms with E-state index in [0.29, 0.717) is 5.82 Å². The maximum atomic E-state index is 13.4. The minimum absolute atomic E-state index is 0.000367. The van der Waals surface area contributed by atoms with E-state index < -0.39 is 24.2 Å². The topological polar surface area (TPSA) is 85.2 Å². The molecule has 1 heterocycles. The van der Waals surface area contributed by atoms with Crippen molar-refractivity contribution in [3.05, 3.63) is 60.2 Å². The summed E-state index contributed by atoms with van der Waals surface area (Å²) in [6, 6.07) is 13.3. The lowest BCUT2D eigenvalue weighted by Crippen LogP contribution is -2.44. The van der Waals surface area contributed by atoms with Crippen LogP contribution in [0.1, 0.15) is 5.82 Å². The van der Waals surface area contributed by atoms with Gasteiger partial charge in [0, 0.05) is 7.05 Å². The van der Waals surface area contributed by atoms with Crippen molar-refractivity contribution in [2.75, 3.05) is 6.61 Å². The summed E-state index contributed by atoms with van der Waals surface area (Å²) >= 11 is 0. The highest BCUT2D eigenvalue weighted by Gasteiger charge is 2.12. The van der Waals surface area contributed by atoms with Crippen LogP contribution in [0.4, 0.5) is 4.39 Å². The van der Waals surface area contributed by atoms with Crippen LogP contribution in [0.2, 0.25) is 0 Å². The lowest BCUT2D eigenvalue weighted by molar-refractivity contribution is -0.129. The number of amides is 2. The van der Waals surface area contributed by atoms with E-state index in [1.54, 1.807) is 6.07 Å². The van der Waals surface area contributed by atoms with Gasteiger partial charge in [0.2, 0.25) is 5.91 Å². The van der Waals surface area contributed by atoms with Gasteiger partial charge in [-0.3, -0.25) is 20.4 Å². The van der Waals surface area contributed by atoms with Crippen molar-refractivity contribution in [3.8, 4) is 5.75 Å². The summed E-state index contributed by atoms with van der Waals surface area (Å²) in [5.74, 6) is -1.06. The van der Waals surface area contributed by atoms with Gasteiger partial charge in [-0.25, -0.2) is 9.37 Å². The molecule has 0 saturated carbocycles. The maximum absolute atomic E-state index is 13.4. The second kappa shape index (κ2) is 7.64. The number of fused-ring (bicyclic) bond motifs is 1. The molecule has 2 amide bonds. The Morgan fingerprint density at radius 3 is 2.54 bits per heavy atom. The number of halogens is 1. The van der Waals surface area contributed by atoms with Gasteiger partial charge in [0.15, 0.2) is 18.2 Å². The zero-order valence-corrected chi connectivity index (χ0v) is 14.0. The second-order valence-corrected chi connectivity index (χ2v) is 5.57. The van der Waals surface area contributed by atoms with Crippen molar-refractivity contribution in [1.82, 2.24) is 20.4 Å². The SMILES string of the molecule is Cn1c(CC(=O)NNC(=O)COc2ccccc2F)nc2ccccc21. The number of nitrogens with one attached hydrogen (secondary N) is 2. The quantitative estimate of drug-likeness (QED) is 0.678. The van der Waals surface area contributed by atoms with Gasteiger partial charge in [-0.05, 0) is 24.3 Å². The van der Waals surface area contributed by atoms with E-state index in [-0.39, 0.29) is 12.2 Å². The molecule has 0 saturated heterocycles. The Bertz CT molecular complexity index is 955. The number of imidazole rings is 1. The largest absolute Gasteiger partial charge is 0.481 e. The third kappa shape index (κ3) is 3.97. The Balaban J connectivity index is 1.49. The zero-order chi connectivity index (χ0) is 18.5. The van der Waals surface area contributed by atoms with Crippen molar-refractivity contribution < 1.29 is 18.7 Å². The van der Waals surface area contributed by atoms with Crippen LogP contribution >= 0.6 is 0 Å². The van der Waals surface area contributed by atoms with E-state index in [2.05, 4.69) is 15.8 Å². The lowest BCUT2D eigenvalue weighted by atomic mass is 10.3. The summed E-state index contributed by atoms with van der Waals surface area (Å²) in [6.07, 6.45) is -0.000367. The third-order valence-electron chi connectivity index (χ3n) is 3.74. The number of nitrogens with zero attached hydrogens (tertiary/aromatic N) is 2. The molecular formula is C18H17FN4O3. The first-order valence-electron chi connectivity index (χ1n) is 7.90. The standard InChI is InChI=1S/C18H17FN4O3/c1-23-14-8-4-3-7-13(14)20-16(23)10-17(24)21-22-18(25)11-26-15-9-5-2-6-12(15)19/h2-9H,10-11H2,1H3,(H,21,24)(H,22,25). The first-order valence-corrected chi connectivity index (χ1v) is 7.90. The Morgan fingerprint density at radius 2 is 1.77 bits per heavy atom. The first-order chi connectivity index (χ1) is 12.5. The molecule has 3 rings (SSSR count). The smallest absolute Gasteiger partial charge is 0.276 e. The van der Waals surface area contributed by atoms with Gasteiger partial charge in [-0.1, -0.05) is 24.3 Å². The maximum Gasteiger partial charge on any atom is 0.276 e. The summed E-state index contributed by atoms with van der Waals surface area (Å²) in [7, 11) is 1.82. The number of hydrogen-bond acceptors (Lipinski definition) is 4. The lowest BCUT2D eigenvalue weighted by Gasteiger charge is -2.09. The van der Waals surface area contributed by atoms with Crippen molar-refractivity contribution in [2.24, 2.45) is 7.05 Å². The number of aryl methyl sites for hydroxylation is 1. The van der Waals surface area contributed by atoms with Crippen LogP contribution in [0, 0.1) is 5.82 Å². The predicted octanol–water partition coefficient (Wildman–Crippen LogP) is 1.48. The molecule has 0 unspecified atom stereocenters. The molecule has 0 aliphatic heterocycles. The molecule has 2 N–H and O–H groups in total. The molecule has 0 aliphatic carbocycles. The molecule has 134 valence electrons. The molecule has 2 aromatic carbocycles. The minimum Gasteiger partial charge on any atom is -0.481 e. The predicted molar refractivity (Wildman–Crippen MR) is 92.6 cm³/mol. The van der Waals surface area contributed by atoms with Crippen LogP contribution in [-0.2, 0) is 23.1 Å². The molecule has 3 aromatic rings. The number of para-hydroxylation sites is 3. The van der Waals surface area contributed by atoms with Crippen LogP contribution in [-0.4, -0.2) is 28.0 Å². The first kappa shape index (κ1) is 17.4. The van der Waals surface area contributed by atoms with Crippen LogP contribution in [0.15, 0.2) is 48.5 Å². The van der Waals surface area contributed by atoms with Gasteiger partial charge in [-0.15, -0.1) is 0 Å². The van der Waals surface area contributed by atoms with Crippen LogP contribution < -0.4 is 15.6 Å². The number of rotatable bonds is 5. The average Bonchev–Trinajstić information content (AvgIpc) is 2.95. The minimum atomic E-state index is -0.605. The molecule has 0 spiro atoms. The highest BCUT2D eigenvalue weighted by Crippen LogP contribution is 2.15. The summed E-state index contributed by atoms with van der Waals surface area (Å²) in [6.45, 7) is -0.423. The normalized spacial score (nSPS) is 10.5. The molecule has 8 heteroatoms. The van der Waals surface area contributed by atoms with E-state index >= 15 is 0 Å². The average molecular weight is 356 g/mol. The fraction of sp³-hybridized carbons (Fsp3) is 0.167. The number of benzene rings is 2. The number of hydrogen-bond donors (Lipinski definition) is 2. The number of ether oxygens (including phenoxy) is 1. The van der Waals surface area contributed by atoms with E-state index in [9.17, 15) is 14.0 Å². The van der Waals surface area contributed by atoms with Crippen molar-refractivity contribution >= 4 is 22.8 Å². The number of hydrazine groups is 1. The fourth-order valence-corrected chi connectivity index (χ4v) is 2.42. The number of aromatic nitrogens is 2. The number of carbonyl (C=O) groups excluding carboxylic acids is 2. The molecule has 0 fully saturated rings. The number of carbonyl (C=O) groups is 2. The Kier molecular flexibility index (Phi) is 5.12. The fourth-order valence-electron chi connectivity index (χ4n) is 2.42. The van der Waals surface area contributed by atoms with Crippen molar-refractivity contribution in [1.29, 1.82) is 0 Å². The van der Waals surface area contributed by atoms with Gasteiger partial charge in [0.1, 0.15) is 5.82 Å². The summed E-state index contributed by atoms with van der Waals surface area (Å²) in [5.41, 5.74) is 6.22. The molecule has 0 bridgehead atoms. The zero-order valence-electron chi connectivity index (χ0n) is 14.0. The van der Waals surface area contributed by atoms with E-state index in [4.69, 9.17) is 4.74 Å². The van der Waals surface area contributed by atoms with Crippen LogP contribution in [0.25, 0.3) is 11.0 Å². The molecule has 7 nitrogen and oxygen atoms in total. The molecular weight excluding hydrogens is 339 g/mol. The third-order valence-corrected chi connectivity index (χ3v) is 3.74. The highest BCUT2D eigenvalue weighted by atomic mass is 19.1. The Labute approximate surface area is 148 Å². The second-order valence-electron chi connectivity index (χ2n) is 5.57. The van der Waals surface area contributed by atoms with Gasteiger partial charge < -0.3 is 9.30 Å². The molecule has 26 heavy (non-hydrogen) atoms. The van der Waals surface area contributed by atoms with E-state index in [1.807, 2.05) is 35.9 Å². The summed E-state index contributed by atoms with van der Waals surface area (Å²) < 4.78 is 20.3. The Morgan fingerprint density at radius 1 is 1.08 bits per heavy atom. The molecule has 0 radical (unpaired) electrons. The van der Waals surface area contributed by atoms with Gasteiger partial charge in [0.05, 0.1) is 17.5 Å². The van der Waals surface area contributed by atoms with E-state index in [0.717, 1.165) is 11.0 Å². The molecule has 0 aliphatic rings. The summed E-state index contributed by atoms with van der Waals surface area (Å²) in [5, 5.41) is 0. The van der Waals surface area contributed by atoms with Gasteiger partial charge in [-0.2, -0.15) is 0 Å². The summed E-state index contributed by atoms with van der Waals surface area (Å²) in [4.78, 5) is 28.1. The van der Waals surface area contributed by atoms with Crippen LogP contribution in [0.3, 0.4) is 0 Å².